The fraction of sp³-hybridized carbons (Fsp3) is 0.615. The minimum Gasteiger partial charge on any atom is -0.370 e. The van der Waals surface area contributed by atoms with Crippen LogP contribution in [0.15, 0.2) is 22.5 Å². The number of guanidine groups is 1. The van der Waals surface area contributed by atoms with E-state index in [2.05, 4.69) is 34.3 Å². The average molecular weight is 411 g/mol. The van der Waals surface area contributed by atoms with Gasteiger partial charge in [-0.2, -0.15) is 11.8 Å². The standard InChI is InChI=1S/C13H21N3S2.HI/c1-11(9-12-3-2-6-18-12)10-15-13(14)16-4-7-17-8-5-16;/h2-3,6,11H,4-5,7-10H2,1H3,(H2,14,15);1H. The van der Waals surface area contributed by atoms with E-state index in [1.807, 2.05) is 23.1 Å². The van der Waals surface area contributed by atoms with Crippen LogP contribution in [0.1, 0.15) is 11.8 Å². The second kappa shape index (κ2) is 9.07. The van der Waals surface area contributed by atoms with E-state index in [-0.39, 0.29) is 24.0 Å². The maximum atomic E-state index is 6.04. The molecule has 19 heavy (non-hydrogen) atoms. The van der Waals surface area contributed by atoms with Gasteiger partial charge in [-0.1, -0.05) is 13.0 Å². The monoisotopic (exact) mass is 411 g/mol. The van der Waals surface area contributed by atoms with E-state index < -0.39 is 0 Å². The Hall–Kier alpha value is 0.0500. The molecule has 1 aromatic heterocycles. The second-order valence-corrected chi connectivity index (χ2v) is 6.94. The minimum atomic E-state index is 0. The molecule has 0 aliphatic carbocycles. The zero-order chi connectivity index (χ0) is 12.8. The summed E-state index contributed by atoms with van der Waals surface area (Å²) < 4.78 is 0. The predicted molar refractivity (Wildman–Crippen MR) is 98.0 cm³/mol. The van der Waals surface area contributed by atoms with Crippen LogP contribution in [-0.4, -0.2) is 42.0 Å². The molecular formula is C13H22IN3S2. The summed E-state index contributed by atoms with van der Waals surface area (Å²) in [5.74, 6) is 3.62. The van der Waals surface area contributed by atoms with Gasteiger partial charge in [-0.15, -0.1) is 35.3 Å². The van der Waals surface area contributed by atoms with Crippen molar-refractivity contribution in [2.75, 3.05) is 31.1 Å². The van der Waals surface area contributed by atoms with Gasteiger partial charge < -0.3 is 10.6 Å². The molecule has 1 aliphatic heterocycles. The summed E-state index contributed by atoms with van der Waals surface area (Å²) in [6.45, 7) is 5.15. The second-order valence-electron chi connectivity index (χ2n) is 4.69. The van der Waals surface area contributed by atoms with Crippen LogP contribution in [0.4, 0.5) is 0 Å². The van der Waals surface area contributed by atoms with E-state index in [1.54, 1.807) is 0 Å². The summed E-state index contributed by atoms with van der Waals surface area (Å²) in [5.41, 5.74) is 6.04. The summed E-state index contributed by atoms with van der Waals surface area (Å²) >= 11 is 3.81. The van der Waals surface area contributed by atoms with Crippen LogP contribution < -0.4 is 5.73 Å². The lowest BCUT2D eigenvalue weighted by molar-refractivity contribution is 0.452. The third kappa shape index (κ3) is 5.91. The predicted octanol–water partition coefficient (Wildman–Crippen LogP) is 2.91. The third-order valence-corrected chi connectivity index (χ3v) is 4.87. The fourth-order valence-electron chi connectivity index (χ4n) is 1.98. The molecule has 0 aromatic carbocycles. The zero-order valence-corrected chi connectivity index (χ0v) is 15.2. The van der Waals surface area contributed by atoms with E-state index >= 15 is 0 Å². The number of thioether (sulfide) groups is 1. The van der Waals surface area contributed by atoms with Gasteiger partial charge in [0.25, 0.3) is 0 Å². The summed E-state index contributed by atoms with van der Waals surface area (Å²) in [6, 6.07) is 4.30. The van der Waals surface area contributed by atoms with Crippen molar-refractivity contribution in [1.82, 2.24) is 4.90 Å². The molecule has 1 saturated heterocycles. The molecule has 3 nitrogen and oxygen atoms in total. The molecule has 0 saturated carbocycles. The molecule has 1 atom stereocenters. The lowest BCUT2D eigenvalue weighted by Crippen LogP contribution is -2.42. The first-order valence-corrected chi connectivity index (χ1v) is 8.44. The normalized spacial score (nSPS) is 17.9. The molecule has 0 bridgehead atoms. The highest BCUT2D eigenvalue weighted by atomic mass is 127. The number of rotatable bonds is 4. The maximum Gasteiger partial charge on any atom is 0.191 e. The molecule has 1 fully saturated rings. The van der Waals surface area contributed by atoms with Crippen LogP contribution in [0.3, 0.4) is 0 Å². The van der Waals surface area contributed by atoms with E-state index in [0.29, 0.717) is 5.92 Å². The summed E-state index contributed by atoms with van der Waals surface area (Å²) in [7, 11) is 0. The van der Waals surface area contributed by atoms with E-state index in [0.717, 1.165) is 32.0 Å². The first-order valence-electron chi connectivity index (χ1n) is 6.40. The first-order chi connectivity index (χ1) is 8.75. The Morgan fingerprint density at radius 3 is 2.84 bits per heavy atom. The Morgan fingerprint density at radius 1 is 1.47 bits per heavy atom. The van der Waals surface area contributed by atoms with Crippen LogP contribution in [-0.2, 0) is 6.42 Å². The first kappa shape index (κ1) is 17.1. The molecule has 1 aliphatic rings. The van der Waals surface area contributed by atoms with E-state index in [1.165, 1.54) is 16.4 Å². The van der Waals surface area contributed by atoms with Crippen molar-refractivity contribution in [2.45, 2.75) is 13.3 Å². The highest BCUT2D eigenvalue weighted by molar-refractivity contribution is 14.0. The maximum absolute atomic E-state index is 6.04. The molecular weight excluding hydrogens is 389 g/mol. The quantitative estimate of drug-likeness (QED) is 0.471. The van der Waals surface area contributed by atoms with Gasteiger partial charge in [-0.25, -0.2) is 0 Å². The number of thiophene rings is 1. The van der Waals surface area contributed by atoms with Crippen molar-refractivity contribution >= 4 is 53.0 Å². The Bertz CT molecular complexity index is 375. The Morgan fingerprint density at radius 2 is 2.21 bits per heavy atom. The smallest absolute Gasteiger partial charge is 0.191 e. The molecule has 0 spiro atoms. The van der Waals surface area contributed by atoms with Gasteiger partial charge in [0, 0.05) is 36.0 Å². The molecule has 2 rings (SSSR count). The highest BCUT2D eigenvalue weighted by Gasteiger charge is 2.12. The van der Waals surface area contributed by atoms with Crippen LogP contribution in [0.25, 0.3) is 0 Å². The van der Waals surface area contributed by atoms with Crippen molar-refractivity contribution in [2.24, 2.45) is 16.6 Å². The van der Waals surface area contributed by atoms with Gasteiger partial charge in [0.05, 0.1) is 0 Å². The van der Waals surface area contributed by atoms with Gasteiger partial charge in [0.1, 0.15) is 0 Å². The van der Waals surface area contributed by atoms with Crippen LogP contribution in [0, 0.1) is 5.92 Å². The molecule has 6 heteroatoms. The Labute approximate surface area is 141 Å². The number of nitrogens with zero attached hydrogens (tertiary/aromatic N) is 2. The number of nitrogens with two attached hydrogens (primary N) is 1. The molecule has 1 unspecified atom stereocenters. The Kier molecular flexibility index (Phi) is 8.17. The SMILES string of the molecule is CC(CN=C(N)N1CCSCC1)Cc1cccs1.I. The van der Waals surface area contributed by atoms with Gasteiger partial charge in [0.2, 0.25) is 0 Å². The van der Waals surface area contributed by atoms with Crippen molar-refractivity contribution < 1.29 is 0 Å². The third-order valence-electron chi connectivity index (χ3n) is 3.03. The number of aliphatic imine (C=N–C) groups is 1. The number of halogens is 1. The lowest BCUT2D eigenvalue weighted by atomic mass is 10.1. The van der Waals surface area contributed by atoms with Crippen LogP contribution in [0.5, 0.6) is 0 Å². The van der Waals surface area contributed by atoms with Gasteiger partial charge >= 0.3 is 0 Å². The molecule has 0 radical (unpaired) electrons. The summed E-state index contributed by atoms with van der Waals surface area (Å²) in [6.07, 6.45) is 1.10. The highest BCUT2D eigenvalue weighted by Crippen LogP contribution is 2.15. The molecule has 108 valence electrons. The van der Waals surface area contributed by atoms with Gasteiger partial charge in [-0.05, 0) is 23.8 Å². The van der Waals surface area contributed by atoms with Crippen molar-refractivity contribution in [3.05, 3.63) is 22.4 Å². The van der Waals surface area contributed by atoms with Crippen LogP contribution >= 0.6 is 47.1 Å². The largest absolute Gasteiger partial charge is 0.370 e. The van der Waals surface area contributed by atoms with E-state index in [9.17, 15) is 0 Å². The minimum absolute atomic E-state index is 0. The van der Waals surface area contributed by atoms with Crippen molar-refractivity contribution in [3.8, 4) is 0 Å². The number of hydrogen-bond donors (Lipinski definition) is 1. The number of hydrogen-bond acceptors (Lipinski definition) is 3. The molecule has 2 heterocycles. The zero-order valence-electron chi connectivity index (χ0n) is 11.2. The summed E-state index contributed by atoms with van der Waals surface area (Å²) in [5, 5.41) is 2.13. The fourth-order valence-corrected chi connectivity index (χ4v) is 3.75. The Balaban J connectivity index is 0.00000180. The molecule has 1 aromatic rings. The van der Waals surface area contributed by atoms with Crippen molar-refractivity contribution in [1.29, 1.82) is 0 Å². The van der Waals surface area contributed by atoms with Crippen molar-refractivity contribution in [3.63, 3.8) is 0 Å². The molecule has 0 amide bonds. The average Bonchev–Trinajstić information content (AvgIpc) is 2.90. The van der Waals surface area contributed by atoms with Gasteiger partial charge in [-0.3, -0.25) is 4.99 Å². The molecule has 2 N–H and O–H groups in total. The van der Waals surface area contributed by atoms with Gasteiger partial charge in [0.15, 0.2) is 5.96 Å². The lowest BCUT2D eigenvalue weighted by Gasteiger charge is -2.27. The van der Waals surface area contributed by atoms with E-state index in [4.69, 9.17) is 5.73 Å². The topological polar surface area (TPSA) is 41.6 Å². The van der Waals surface area contributed by atoms with Crippen LogP contribution in [0.2, 0.25) is 0 Å². The summed E-state index contributed by atoms with van der Waals surface area (Å²) in [4.78, 5) is 8.18.